The van der Waals surface area contributed by atoms with Gasteiger partial charge in [-0.05, 0) is 26.2 Å². The number of unbranched alkanes of at least 4 members (excludes halogenated alkanes) is 1. The molecule has 0 unspecified atom stereocenters. The molecule has 0 aliphatic carbocycles. The van der Waals surface area contributed by atoms with Gasteiger partial charge in [0.2, 0.25) is 17.7 Å². The number of hydrogen-bond acceptors (Lipinski definition) is 5. The summed E-state index contributed by atoms with van der Waals surface area (Å²) in [5.41, 5.74) is 0. The Morgan fingerprint density at radius 1 is 1.24 bits per heavy atom. The number of carbonyl (C=O) groups excluding carboxylic acids is 4. The van der Waals surface area contributed by atoms with E-state index in [9.17, 15) is 19.2 Å². The van der Waals surface area contributed by atoms with Gasteiger partial charge in [0.25, 0.3) is 0 Å². The van der Waals surface area contributed by atoms with Gasteiger partial charge in [0.05, 0.1) is 7.11 Å². The lowest BCUT2D eigenvalue weighted by molar-refractivity contribution is -0.147. The molecule has 3 amide bonds. The first kappa shape index (κ1) is 20.9. The van der Waals surface area contributed by atoms with Crippen molar-refractivity contribution in [2.75, 3.05) is 13.7 Å². The molecule has 8 nitrogen and oxygen atoms in total. The molecule has 1 saturated heterocycles. The highest BCUT2D eigenvalue weighted by Gasteiger charge is 2.37. The molecule has 1 aliphatic heterocycles. The highest BCUT2D eigenvalue weighted by Crippen LogP contribution is 2.19. The number of amides is 3. The quantitative estimate of drug-likeness (QED) is 0.611. The summed E-state index contributed by atoms with van der Waals surface area (Å²) in [6, 6.07) is -2.03. The largest absolute Gasteiger partial charge is 0.467 e. The van der Waals surface area contributed by atoms with Crippen molar-refractivity contribution in [1.82, 2.24) is 15.5 Å². The molecule has 0 aromatic carbocycles. The number of ether oxygens (including phenoxy) is 1. The highest BCUT2D eigenvalue weighted by molar-refractivity contribution is 5.93. The number of nitrogens with zero attached hydrogens (tertiary/aromatic N) is 1. The molecule has 25 heavy (non-hydrogen) atoms. The first-order valence-electron chi connectivity index (χ1n) is 8.77. The van der Waals surface area contributed by atoms with Crippen molar-refractivity contribution in [3.63, 3.8) is 0 Å². The molecule has 1 rings (SSSR count). The maximum atomic E-state index is 12.6. The fourth-order valence-electron chi connectivity index (χ4n) is 2.99. The van der Waals surface area contributed by atoms with Gasteiger partial charge in [0.1, 0.15) is 18.1 Å². The van der Waals surface area contributed by atoms with Gasteiger partial charge in [-0.2, -0.15) is 0 Å². The molecule has 1 heterocycles. The fraction of sp³-hybridized carbons (Fsp3) is 0.765. The SMILES string of the molecule is CCCC[C@H](NC(=O)[C@@H]1CCCN1C(=O)[C@H](C)NC(C)=O)C(=O)OC. The van der Waals surface area contributed by atoms with Crippen LogP contribution in [-0.4, -0.2) is 60.4 Å². The van der Waals surface area contributed by atoms with Crippen molar-refractivity contribution in [2.45, 2.75) is 71.0 Å². The zero-order valence-corrected chi connectivity index (χ0v) is 15.5. The number of nitrogens with one attached hydrogen (secondary N) is 2. The molecule has 8 heteroatoms. The predicted molar refractivity (Wildman–Crippen MR) is 91.5 cm³/mol. The normalized spacial score (nSPS) is 19.0. The van der Waals surface area contributed by atoms with Gasteiger partial charge in [-0.25, -0.2) is 4.79 Å². The molecule has 3 atom stereocenters. The van der Waals surface area contributed by atoms with Crippen molar-refractivity contribution in [3.05, 3.63) is 0 Å². The molecule has 0 bridgehead atoms. The third kappa shape index (κ3) is 6.03. The second kappa shape index (κ2) is 10.0. The average Bonchev–Trinajstić information content (AvgIpc) is 3.05. The molecule has 1 fully saturated rings. The van der Waals surface area contributed by atoms with Crippen LogP contribution in [0.1, 0.15) is 52.9 Å². The van der Waals surface area contributed by atoms with E-state index < -0.39 is 24.1 Å². The van der Waals surface area contributed by atoms with Crippen LogP contribution in [0.3, 0.4) is 0 Å². The van der Waals surface area contributed by atoms with Crippen LogP contribution in [0.15, 0.2) is 0 Å². The van der Waals surface area contributed by atoms with Crippen LogP contribution >= 0.6 is 0 Å². The van der Waals surface area contributed by atoms with Gasteiger partial charge in [-0.3, -0.25) is 14.4 Å². The van der Waals surface area contributed by atoms with Crippen LogP contribution in [0.25, 0.3) is 0 Å². The van der Waals surface area contributed by atoms with E-state index in [-0.39, 0.29) is 17.7 Å². The van der Waals surface area contributed by atoms with Gasteiger partial charge >= 0.3 is 5.97 Å². The molecular formula is C17H29N3O5. The van der Waals surface area contributed by atoms with Crippen molar-refractivity contribution in [3.8, 4) is 0 Å². The molecule has 0 aromatic rings. The van der Waals surface area contributed by atoms with E-state index >= 15 is 0 Å². The number of hydrogen-bond donors (Lipinski definition) is 2. The summed E-state index contributed by atoms with van der Waals surface area (Å²) >= 11 is 0. The molecule has 142 valence electrons. The highest BCUT2D eigenvalue weighted by atomic mass is 16.5. The third-order valence-corrected chi connectivity index (χ3v) is 4.28. The van der Waals surface area contributed by atoms with E-state index in [0.29, 0.717) is 25.8 Å². The summed E-state index contributed by atoms with van der Waals surface area (Å²) in [5, 5.41) is 5.25. The minimum absolute atomic E-state index is 0.295. The Bertz CT molecular complexity index is 509. The molecule has 2 N–H and O–H groups in total. The third-order valence-electron chi connectivity index (χ3n) is 4.28. The van der Waals surface area contributed by atoms with Crippen LogP contribution < -0.4 is 10.6 Å². The maximum absolute atomic E-state index is 12.6. The monoisotopic (exact) mass is 355 g/mol. The number of rotatable bonds is 8. The Balaban J connectivity index is 2.75. The number of carbonyl (C=O) groups is 4. The van der Waals surface area contributed by atoms with Crippen LogP contribution in [0.2, 0.25) is 0 Å². The second-order valence-corrected chi connectivity index (χ2v) is 6.34. The topological polar surface area (TPSA) is 105 Å². The summed E-state index contributed by atoms with van der Waals surface area (Å²) in [7, 11) is 1.29. The summed E-state index contributed by atoms with van der Waals surface area (Å²) in [6.45, 7) is 5.39. The van der Waals surface area contributed by atoms with E-state index in [1.807, 2.05) is 6.92 Å². The summed E-state index contributed by atoms with van der Waals surface area (Å²) in [4.78, 5) is 49.5. The minimum atomic E-state index is -0.706. The Morgan fingerprint density at radius 2 is 1.92 bits per heavy atom. The van der Waals surface area contributed by atoms with Crippen LogP contribution in [0.5, 0.6) is 0 Å². The van der Waals surface area contributed by atoms with Crippen LogP contribution in [-0.2, 0) is 23.9 Å². The Labute approximate surface area is 148 Å². The standard InChI is InChI=1S/C17H29N3O5/c1-5-6-8-13(17(24)25-4)19-15(22)14-9-7-10-20(14)16(23)11(2)18-12(3)21/h11,13-14H,5-10H2,1-4H3,(H,18,21)(H,19,22)/t11-,13-,14-/m0/s1. The lowest BCUT2D eigenvalue weighted by atomic mass is 10.1. The fourth-order valence-corrected chi connectivity index (χ4v) is 2.99. The van der Waals surface area contributed by atoms with E-state index in [0.717, 1.165) is 12.8 Å². The van der Waals surface area contributed by atoms with Crippen molar-refractivity contribution < 1.29 is 23.9 Å². The molecule has 0 aromatic heterocycles. The van der Waals surface area contributed by atoms with E-state index in [1.54, 1.807) is 6.92 Å². The Hall–Kier alpha value is -2.12. The maximum Gasteiger partial charge on any atom is 0.328 e. The predicted octanol–water partition coefficient (Wildman–Crippen LogP) is 0.350. The first-order valence-corrected chi connectivity index (χ1v) is 8.77. The Morgan fingerprint density at radius 3 is 2.48 bits per heavy atom. The molecule has 0 spiro atoms. The first-order chi connectivity index (χ1) is 11.8. The van der Waals surface area contributed by atoms with E-state index in [4.69, 9.17) is 4.74 Å². The van der Waals surface area contributed by atoms with Crippen molar-refractivity contribution in [2.24, 2.45) is 0 Å². The van der Waals surface area contributed by atoms with Crippen molar-refractivity contribution in [1.29, 1.82) is 0 Å². The van der Waals surface area contributed by atoms with Gasteiger partial charge < -0.3 is 20.3 Å². The van der Waals surface area contributed by atoms with Gasteiger partial charge in [0, 0.05) is 13.5 Å². The van der Waals surface area contributed by atoms with Crippen molar-refractivity contribution >= 4 is 23.7 Å². The van der Waals surface area contributed by atoms with Crippen LogP contribution in [0, 0.1) is 0 Å². The lowest BCUT2D eigenvalue weighted by Crippen LogP contribution is -2.54. The van der Waals surface area contributed by atoms with E-state index in [1.165, 1.54) is 18.9 Å². The molecule has 1 aliphatic rings. The summed E-state index contributed by atoms with van der Waals surface area (Å²) < 4.78 is 4.75. The minimum Gasteiger partial charge on any atom is -0.467 e. The lowest BCUT2D eigenvalue weighted by Gasteiger charge is -2.28. The molecular weight excluding hydrogens is 326 g/mol. The number of methoxy groups -OCH3 is 1. The molecule has 0 saturated carbocycles. The number of likely N-dealkylation sites (tertiary alicyclic amines) is 1. The van der Waals surface area contributed by atoms with Crippen LogP contribution in [0.4, 0.5) is 0 Å². The van der Waals surface area contributed by atoms with E-state index in [2.05, 4.69) is 10.6 Å². The van der Waals surface area contributed by atoms with Gasteiger partial charge in [-0.1, -0.05) is 19.8 Å². The van der Waals surface area contributed by atoms with Gasteiger partial charge in [-0.15, -0.1) is 0 Å². The molecule has 0 radical (unpaired) electrons. The average molecular weight is 355 g/mol. The summed E-state index contributed by atoms with van der Waals surface area (Å²) in [5.74, 6) is -1.43. The second-order valence-electron chi connectivity index (χ2n) is 6.34. The van der Waals surface area contributed by atoms with Gasteiger partial charge in [0.15, 0.2) is 0 Å². The smallest absolute Gasteiger partial charge is 0.328 e. The number of esters is 1. The summed E-state index contributed by atoms with van der Waals surface area (Å²) in [6.07, 6.45) is 3.41. The Kier molecular flexibility index (Phi) is 8.37. The zero-order chi connectivity index (χ0) is 19.0. The zero-order valence-electron chi connectivity index (χ0n) is 15.5.